The molecule has 0 aliphatic rings. The van der Waals surface area contributed by atoms with Gasteiger partial charge in [-0.2, -0.15) is 0 Å². The summed E-state index contributed by atoms with van der Waals surface area (Å²) in [7, 11) is 0. The van der Waals surface area contributed by atoms with Crippen LogP contribution in [0.15, 0.2) is 18.2 Å². The maximum absolute atomic E-state index is 11.1. The lowest BCUT2D eigenvalue weighted by molar-refractivity contribution is 0.0651. The Morgan fingerprint density at radius 1 is 0.870 bits per heavy atom. The second-order valence-electron chi connectivity index (χ2n) is 5.77. The van der Waals surface area contributed by atoms with Crippen LogP contribution in [0, 0.1) is 0 Å². The van der Waals surface area contributed by atoms with E-state index in [0.29, 0.717) is 5.69 Å². The molecule has 0 heterocycles. The molecule has 0 fully saturated rings. The van der Waals surface area contributed by atoms with Crippen molar-refractivity contribution in [2.75, 3.05) is 11.9 Å². The molecule has 1 aromatic rings. The van der Waals surface area contributed by atoms with Crippen molar-refractivity contribution in [3.63, 3.8) is 0 Å². The van der Waals surface area contributed by atoms with E-state index in [1.807, 2.05) is 0 Å². The van der Waals surface area contributed by atoms with E-state index in [0.717, 1.165) is 19.4 Å². The Balaban J connectivity index is 2.31. The van der Waals surface area contributed by atoms with Crippen LogP contribution in [0.2, 0.25) is 0 Å². The summed E-state index contributed by atoms with van der Waals surface area (Å²) in [5.41, 5.74) is 0.281. The number of benzene rings is 1. The molecule has 0 radical (unpaired) electrons. The number of carbonyl (C=O) groups is 2. The van der Waals surface area contributed by atoms with Crippen LogP contribution >= 0.6 is 0 Å². The zero-order chi connectivity index (χ0) is 17.1. The molecule has 0 atom stereocenters. The van der Waals surface area contributed by atoms with E-state index in [1.165, 1.54) is 50.7 Å². The highest BCUT2D eigenvalue weighted by Crippen LogP contribution is 2.17. The zero-order valence-electron chi connectivity index (χ0n) is 13.8. The van der Waals surface area contributed by atoms with Crippen LogP contribution in [0.5, 0.6) is 0 Å². The summed E-state index contributed by atoms with van der Waals surface area (Å²) in [6.45, 7) is 2.98. The Bertz CT molecular complexity index is 514. The SMILES string of the molecule is CCCCCCCCCCNc1ccc(C(=O)O)c(C(=O)O)c1. The first-order chi connectivity index (χ1) is 11.1. The molecule has 0 saturated carbocycles. The van der Waals surface area contributed by atoms with Gasteiger partial charge in [0.1, 0.15) is 0 Å². The fourth-order valence-electron chi connectivity index (χ4n) is 2.51. The first-order valence-corrected chi connectivity index (χ1v) is 8.40. The normalized spacial score (nSPS) is 10.5. The summed E-state index contributed by atoms with van der Waals surface area (Å²) in [6.07, 6.45) is 9.89. The largest absolute Gasteiger partial charge is 0.478 e. The molecule has 5 nitrogen and oxygen atoms in total. The lowest BCUT2D eigenvalue weighted by Crippen LogP contribution is -2.09. The van der Waals surface area contributed by atoms with E-state index in [-0.39, 0.29) is 11.1 Å². The van der Waals surface area contributed by atoms with Crippen molar-refractivity contribution in [1.29, 1.82) is 0 Å². The van der Waals surface area contributed by atoms with Crippen LogP contribution in [-0.4, -0.2) is 28.7 Å². The number of hydrogen-bond donors (Lipinski definition) is 3. The number of rotatable bonds is 12. The number of unbranched alkanes of at least 4 members (excludes halogenated alkanes) is 7. The standard InChI is InChI=1S/C18H27NO4/c1-2-3-4-5-6-7-8-9-12-19-14-10-11-15(17(20)21)16(13-14)18(22)23/h10-11,13,19H,2-9,12H2,1H3,(H,20,21)(H,22,23). The number of aromatic carboxylic acids is 2. The van der Waals surface area contributed by atoms with Crippen LogP contribution in [0.4, 0.5) is 5.69 Å². The number of anilines is 1. The lowest BCUT2D eigenvalue weighted by atomic mass is 10.1. The highest BCUT2D eigenvalue weighted by atomic mass is 16.4. The van der Waals surface area contributed by atoms with Gasteiger partial charge in [-0.1, -0.05) is 51.9 Å². The summed E-state index contributed by atoms with van der Waals surface area (Å²) >= 11 is 0. The van der Waals surface area contributed by atoms with Crippen molar-refractivity contribution in [1.82, 2.24) is 0 Å². The number of nitrogens with one attached hydrogen (secondary N) is 1. The fourth-order valence-corrected chi connectivity index (χ4v) is 2.51. The molecule has 0 bridgehead atoms. The predicted octanol–water partition coefficient (Wildman–Crippen LogP) is 4.64. The predicted molar refractivity (Wildman–Crippen MR) is 91.5 cm³/mol. The highest BCUT2D eigenvalue weighted by Gasteiger charge is 2.16. The van der Waals surface area contributed by atoms with Crippen LogP contribution in [0.25, 0.3) is 0 Å². The Morgan fingerprint density at radius 2 is 1.43 bits per heavy atom. The van der Waals surface area contributed by atoms with Crippen LogP contribution in [0.1, 0.15) is 79.0 Å². The molecule has 1 aromatic carbocycles. The smallest absolute Gasteiger partial charge is 0.336 e. The molecule has 128 valence electrons. The first-order valence-electron chi connectivity index (χ1n) is 8.40. The third kappa shape index (κ3) is 7.17. The minimum Gasteiger partial charge on any atom is -0.478 e. The average molecular weight is 321 g/mol. The Hall–Kier alpha value is -2.04. The van der Waals surface area contributed by atoms with Crippen molar-refractivity contribution in [3.05, 3.63) is 29.3 Å². The molecule has 0 unspecified atom stereocenters. The highest BCUT2D eigenvalue weighted by molar-refractivity contribution is 6.02. The Kier molecular flexibility index (Phi) is 8.80. The van der Waals surface area contributed by atoms with Crippen molar-refractivity contribution < 1.29 is 19.8 Å². The summed E-state index contributed by atoms with van der Waals surface area (Å²) < 4.78 is 0. The van der Waals surface area contributed by atoms with Crippen molar-refractivity contribution in [2.24, 2.45) is 0 Å². The van der Waals surface area contributed by atoms with E-state index < -0.39 is 11.9 Å². The molecular weight excluding hydrogens is 294 g/mol. The molecule has 0 amide bonds. The van der Waals surface area contributed by atoms with E-state index in [4.69, 9.17) is 10.2 Å². The molecule has 0 aliphatic heterocycles. The third-order valence-corrected chi connectivity index (χ3v) is 3.84. The number of carboxylic acids is 2. The van der Waals surface area contributed by atoms with Gasteiger partial charge in [-0.25, -0.2) is 9.59 Å². The summed E-state index contributed by atoms with van der Waals surface area (Å²) in [5.74, 6) is -2.45. The zero-order valence-corrected chi connectivity index (χ0v) is 13.8. The van der Waals surface area contributed by atoms with Gasteiger partial charge in [-0.3, -0.25) is 0 Å². The van der Waals surface area contributed by atoms with Gasteiger partial charge in [-0.15, -0.1) is 0 Å². The Morgan fingerprint density at radius 3 is 2.00 bits per heavy atom. The maximum Gasteiger partial charge on any atom is 0.336 e. The number of carboxylic acid groups (broad SMARTS) is 2. The van der Waals surface area contributed by atoms with E-state index >= 15 is 0 Å². The van der Waals surface area contributed by atoms with Crippen molar-refractivity contribution in [2.45, 2.75) is 58.3 Å². The van der Waals surface area contributed by atoms with Gasteiger partial charge >= 0.3 is 11.9 Å². The second kappa shape index (κ2) is 10.6. The average Bonchev–Trinajstić information content (AvgIpc) is 2.53. The van der Waals surface area contributed by atoms with E-state index in [1.54, 1.807) is 6.07 Å². The number of hydrogen-bond acceptors (Lipinski definition) is 3. The molecule has 0 aliphatic carbocycles. The van der Waals surface area contributed by atoms with Gasteiger partial charge in [0.2, 0.25) is 0 Å². The molecule has 23 heavy (non-hydrogen) atoms. The minimum atomic E-state index is -1.22. The summed E-state index contributed by atoms with van der Waals surface area (Å²) in [6, 6.07) is 4.33. The van der Waals surface area contributed by atoms with Crippen molar-refractivity contribution in [3.8, 4) is 0 Å². The quantitative estimate of drug-likeness (QED) is 0.488. The van der Waals surface area contributed by atoms with Gasteiger partial charge in [0.05, 0.1) is 11.1 Å². The molecule has 5 heteroatoms. The van der Waals surface area contributed by atoms with Gasteiger partial charge in [-0.05, 0) is 24.6 Å². The van der Waals surface area contributed by atoms with Gasteiger partial charge in [0.25, 0.3) is 0 Å². The maximum atomic E-state index is 11.1. The van der Waals surface area contributed by atoms with Gasteiger partial charge < -0.3 is 15.5 Å². The van der Waals surface area contributed by atoms with E-state index in [2.05, 4.69) is 12.2 Å². The lowest BCUT2D eigenvalue weighted by Gasteiger charge is -2.09. The van der Waals surface area contributed by atoms with E-state index in [9.17, 15) is 9.59 Å². The third-order valence-electron chi connectivity index (χ3n) is 3.84. The monoisotopic (exact) mass is 321 g/mol. The molecule has 0 saturated heterocycles. The fraction of sp³-hybridized carbons (Fsp3) is 0.556. The molecule has 0 spiro atoms. The summed E-state index contributed by atoms with van der Waals surface area (Å²) in [5, 5.41) is 21.2. The Labute approximate surface area is 137 Å². The minimum absolute atomic E-state index is 0.182. The van der Waals surface area contributed by atoms with Crippen LogP contribution in [-0.2, 0) is 0 Å². The van der Waals surface area contributed by atoms with Crippen LogP contribution in [0.3, 0.4) is 0 Å². The topological polar surface area (TPSA) is 86.6 Å². The molecule has 1 rings (SSSR count). The molecular formula is C18H27NO4. The van der Waals surface area contributed by atoms with Gasteiger partial charge in [0, 0.05) is 12.2 Å². The molecule has 3 N–H and O–H groups in total. The van der Waals surface area contributed by atoms with Crippen molar-refractivity contribution >= 4 is 17.6 Å². The molecule has 0 aromatic heterocycles. The first kappa shape index (κ1) is 19.0. The van der Waals surface area contributed by atoms with Gasteiger partial charge in [0.15, 0.2) is 0 Å². The van der Waals surface area contributed by atoms with Crippen LogP contribution < -0.4 is 5.32 Å². The summed E-state index contributed by atoms with van der Waals surface area (Å²) in [4.78, 5) is 22.1. The second-order valence-corrected chi connectivity index (χ2v) is 5.77.